The fourth-order valence-electron chi connectivity index (χ4n) is 2.87. The van der Waals surface area contributed by atoms with Crippen LogP contribution in [0.15, 0.2) is 24.3 Å². The molecule has 1 aliphatic rings. The van der Waals surface area contributed by atoms with Gasteiger partial charge in [-0.1, -0.05) is 18.2 Å². The minimum Gasteiger partial charge on any atom is -0.508 e. The number of para-hydroxylation sites is 1. The van der Waals surface area contributed by atoms with E-state index in [0.717, 1.165) is 31.5 Å². The summed E-state index contributed by atoms with van der Waals surface area (Å²) in [6, 6.07) is 8.21. The first-order valence-corrected chi connectivity index (χ1v) is 6.87. The number of likely N-dealkylation sites (tertiary alicyclic amines) is 1. The molecule has 2 atom stereocenters. The van der Waals surface area contributed by atoms with Crippen LogP contribution >= 0.6 is 0 Å². The Morgan fingerprint density at radius 1 is 1.22 bits per heavy atom. The van der Waals surface area contributed by atoms with Crippen molar-refractivity contribution < 1.29 is 5.11 Å². The van der Waals surface area contributed by atoms with Gasteiger partial charge in [-0.3, -0.25) is 4.90 Å². The third kappa shape index (κ3) is 2.85. The van der Waals surface area contributed by atoms with Gasteiger partial charge < -0.3 is 10.8 Å². The molecule has 1 aromatic carbocycles. The van der Waals surface area contributed by atoms with Crippen LogP contribution in [0.2, 0.25) is 0 Å². The Bertz CT molecular complexity index is 384. The van der Waals surface area contributed by atoms with Crippen molar-refractivity contribution in [2.24, 2.45) is 11.7 Å². The molecular formula is C15H24N2O. The third-order valence-electron chi connectivity index (χ3n) is 4.25. The molecule has 1 aliphatic heterocycles. The number of nitrogens with two attached hydrogens (primary N) is 1. The molecule has 1 fully saturated rings. The fraction of sp³-hybridized carbons (Fsp3) is 0.600. The maximum Gasteiger partial charge on any atom is 0.120 e. The van der Waals surface area contributed by atoms with E-state index in [9.17, 15) is 5.11 Å². The number of nitrogens with zero attached hydrogens (tertiary/aromatic N) is 1. The van der Waals surface area contributed by atoms with Crippen LogP contribution in [0, 0.1) is 5.92 Å². The van der Waals surface area contributed by atoms with Gasteiger partial charge in [0.15, 0.2) is 0 Å². The van der Waals surface area contributed by atoms with Crippen molar-refractivity contribution in [1.29, 1.82) is 0 Å². The van der Waals surface area contributed by atoms with E-state index < -0.39 is 0 Å². The Labute approximate surface area is 110 Å². The topological polar surface area (TPSA) is 49.5 Å². The number of aromatic hydroxyl groups is 1. The second-order valence-electron chi connectivity index (χ2n) is 5.47. The highest BCUT2D eigenvalue weighted by Gasteiger charge is 2.26. The van der Waals surface area contributed by atoms with E-state index in [2.05, 4.69) is 18.7 Å². The summed E-state index contributed by atoms with van der Waals surface area (Å²) in [6.45, 7) is 6.41. The van der Waals surface area contributed by atoms with E-state index in [-0.39, 0.29) is 6.04 Å². The van der Waals surface area contributed by atoms with Crippen molar-refractivity contribution in [3.8, 4) is 5.75 Å². The van der Waals surface area contributed by atoms with Gasteiger partial charge in [-0.15, -0.1) is 0 Å². The molecule has 3 heteroatoms. The molecular weight excluding hydrogens is 224 g/mol. The van der Waals surface area contributed by atoms with Gasteiger partial charge in [-0.2, -0.15) is 0 Å². The van der Waals surface area contributed by atoms with Crippen molar-refractivity contribution in [2.45, 2.75) is 38.8 Å². The van der Waals surface area contributed by atoms with Crippen LogP contribution in [-0.4, -0.2) is 29.1 Å². The summed E-state index contributed by atoms with van der Waals surface area (Å²) in [5, 5.41) is 9.91. The van der Waals surface area contributed by atoms with E-state index in [0.29, 0.717) is 17.7 Å². The van der Waals surface area contributed by atoms with Crippen molar-refractivity contribution in [3.63, 3.8) is 0 Å². The Hall–Kier alpha value is -1.06. The maximum absolute atomic E-state index is 9.91. The zero-order valence-electron chi connectivity index (χ0n) is 11.3. The molecule has 0 aromatic heterocycles. The lowest BCUT2D eigenvalue weighted by molar-refractivity contribution is 0.131. The number of piperidine rings is 1. The Morgan fingerprint density at radius 3 is 2.39 bits per heavy atom. The van der Waals surface area contributed by atoms with Crippen LogP contribution < -0.4 is 5.73 Å². The van der Waals surface area contributed by atoms with E-state index in [1.54, 1.807) is 6.07 Å². The summed E-state index contributed by atoms with van der Waals surface area (Å²) in [6.07, 6.45) is 2.32. The van der Waals surface area contributed by atoms with Crippen LogP contribution in [0.4, 0.5) is 0 Å². The summed E-state index contributed by atoms with van der Waals surface area (Å²) < 4.78 is 0. The monoisotopic (exact) mass is 248 g/mol. The van der Waals surface area contributed by atoms with E-state index in [4.69, 9.17) is 5.73 Å². The minimum atomic E-state index is 0.278. The Kier molecular flexibility index (Phi) is 4.25. The second-order valence-corrected chi connectivity index (χ2v) is 5.47. The van der Waals surface area contributed by atoms with Gasteiger partial charge in [0, 0.05) is 17.6 Å². The van der Waals surface area contributed by atoms with E-state index in [1.807, 2.05) is 18.2 Å². The van der Waals surface area contributed by atoms with Crippen molar-refractivity contribution in [3.05, 3.63) is 29.8 Å². The van der Waals surface area contributed by atoms with Gasteiger partial charge in [-0.05, 0) is 51.8 Å². The zero-order chi connectivity index (χ0) is 13.1. The first-order chi connectivity index (χ1) is 8.59. The molecule has 0 aliphatic carbocycles. The summed E-state index contributed by atoms with van der Waals surface area (Å²) in [4.78, 5) is 2.44. The van der Waals surface area contributed by atoms with Crippen molar-refractivity contribution >= 4 is 0 Å². The maximum atomic E-state index is 9.91. The third-order valence-corrected chi connectivity index (χ3v) is 4.25. The molecule has 1 aromatic rings. The molecule has 0 saturated carbocycles. The molecule has 3 N–H and O–H groups in total. The smallest absolute Gasteiger partial charge is 0.120 e. The fourth-order valence-corrected chi connectivity index (χ4v) is 2.87. The molecule has 100 valence electrons. The molecule has 1 heterocycles. The molecule has 0 spiro atoms. The standard InChI is InChI=1S/C15H24N2O/c1-11(16)13-7-9-17(10-8-13)12(2)14-5-3-4-6-15(14)18/h3-6,11-13,18H,7-10,16H2,1-2H3. The molecule has 0 radical (unpaired) electrons. The van der Waals surface area contributed by atoms with Crippen molar-refractivity contribution in [1.82, 2.24) is 4.90 Å². The molecule has 2 rings (SSSR count). The SMILES string of the molecule is CC(N)C1CCN(C(C)c2ccccc2O)CC1. The number of hydrogen-bond acceptors (Lipinski definition) is 3. The molecule has 18 heavy (non-hydrogen) atoms. The van der Waals surface area contributed by atoms with Gasteiger partial charge >= 0.3 is 0 Å². The van der Waals surface area contributed by atoms with Crippen LogP contribution in [0.3, 0.4) is 0 Å². The average Bonchev–Trinajstić information content (AvgIpc) is 2.38. The summed E-state index contributed by atoms with van der Waals surface area (Å²) in [5.41, 5.74) is 6.99. The van der Waals surface area contributed by atoms with Gasteiger partial charge in [0.2, 0.25) is 0 Å². The lowest BCUT2D eigenvalue weighted by Gasteiger charge is -2.37. The first-order valence-electron chi connectivity index (χ1n) is 6.87. The minimum absolute atomic E-state index is 0.278. The molecule has 1 saturated heterocycles. The highest BCUT2D eigenvalue weighted by molar-refractivity contribution is 5.34. The van der Waals surface area contributed by atoms with Crippen LogP contribution in [0.1, 0.15) is 38.3 Å². The predicted octanol–water partition coefficient (Wildman–Crippen LogP) is 2.51. The quantitative estimate of drug-likeness (QED) is 0.864. The predicted molar refractivity (Wildman–Crippen MR) is 74.5 cm³/mol. The lowest BCUT2D eigenvalue weighted by Crippen LogP contribution is -2.40. The number of rotatable bonds is 3. The summed E-state index contributed by atoms with van der Waals surface area (Å²) >= 11 is 0. The second kappa shape index (κ2) is 5.72. The number of phenols is 1. The van der Waals surface area contributed by atoms with Gasteiger partial charge in [0.05, 0.1) is 0 Å². The van der Waals surface area contributed by atoms with Gasteiger partial charge in [-0.25, -0.2) is 0 Å². The number of benzene rings is 1. The van der Waals surface area contributed by atoms with Crippen LogP contribution in [-0.2, 0) is 0 Å². The van der Waals surface area contributed by atoms with Crippen LogP contribution in [0.25, 0.3) is 0 Å². The van der Waals surface area contributed by atoms with Gasteiger partial charge in [0.25, 0.3) is 0 Å². The highest BCUT2D eigenvalue weighted by Crippen LogP contribution is 2.31. The summed E-state index contributed by atoms with van der Waals surface area (Å²) in [5.74, 6) is 1.05. The molecule has 2 unspecified atom stereocenters. The number of hydrogen-bond donors (Lipinski definition) is 2. The summed E-state index contributed by atoms with van der Waals surface area (Å²) in [7, 11) is 0. The van der Waals surface area contributed by atoms with Gasteiger partial charge in [0.1, 0.15) is 5.75 Å². The van der Waals surface area contributed by atoms with Crippen LogP contribution in [0.5, 0.6) is 5.75 Å². The molecule has 0 bridgehead atoms. The first kappa shape index (κ1) is 13.4. The van der Waals surface area contributed by atoms with E-state index in [1.165, 1.54) is 0 Å². The Morgan fingerprint density at radius 2 is 1.83 bits per heavy atom. The average molecular weight is 248 g/mol. The molecule has 0 amide bonds. The highest BCUT2D eigenvalue weighted by atomic mass is 16.3. The largest absolute Gasteiger partial charge is 0.508 e. The number of phenolic OH excluding ortho intramolecular Hbond substituents is 1. The lowest BCUT2D eigenvalue weighted by atomic mass is 9.89. The van der Waals surface area contributed by atoms with E-state index >= 15 is 0 Å². The zero-order valence-corrected chi connectivity index (χ0v) is 11.3. The Balaban J connectivity index is 2.00. The molecule has 3 nitrogen and oxygen atoms in total. The normalized spacial score (nSPS) is 21.7. The van der Waals surface area contributed by atoms with Crippen molar-refractivity contribution in [2.75, 3.05) is 13.1 Å².